The lowest BCUT2D eigenvalue weighted by molar-refractivity contribution is -0.131. The van der Waals surface area contributed by atoms with Gasteiger partial charge in [0, 0.05) is 18.0 Å². The molecule has 0 fully saturated rings. The van der Waals surface area contributed by atoms with E-state index in [1.165, 1.54) is 6.08 Å². The van der Waals surface area contributed by atoms with E-state index in [0.29, 0.717) is 11.7 Å². The number of aromatic nitrogens is 2. The molecule has 0 aromatic carbocycles. The molecule has 4 nitrogen and oxygen atoms in total. The summed E-state index contributed by atoms with van der Waals surface area (Å²) in [6, 6.07) is 1.85. The number of carbonyl (C=O) groups is 1. The lowest BCUT2D eigenvalue weighted by Gasteiger charge is -2.03. The van der Waals surface area contributed by atoms with E-state index >= 15 is 0 Å². The van der Waals surface area contributed by atoms with Gasteiger partial charge in [-0.15, -0.1) is 0 Å². The predicted octanol–water partition coefficient (Wildman–Crippen LogP) is 1.77. The monoisotopic (exact) mass is 206 g/mol. The maximum Gasteiger partial charge on any atom is 0.328 e. The van der Waals surface area contributed by atoms with Crippen LogP contribution >= 0.6 is 0 Å². The third kappa shape index (κ3) is 4.35. The van der Waals surface area contributed by atoms with Crippen molar-refractivity contribution in [1.82, 2.24) is 9.97 Å². The Morgan fingerprint density at radius 2 is 2.33 bits per heavy atom. The average molecular weight is 206 g/mol. The first-order valence-electron chi connectivity index (χ1n) is 4.81. The maximum absolute atomic E-state index is 10.3. The molecule has 80 valence electrons. The summed E-state index contributed by atoms with van der Waals surface area (Å²) in [5.41, 5.74) is 0.935. The topological polar surface area (TPSA) is 63.1 Å². The molecule has 1 heterocycles. The highest BCUT2D eigenvalue weighted by Crippen LogP contribution is 2.05. The van der Waals surface area contributed by atoms with Crippen LogP contribution in [0.15, 0.2) is 18.3 Å². The van der Waals surface area contributed by atoms with E-state index in [2.05, 4.69) is 23.8 Å². The first-order chi connectivity index (χ1) is 7.08. The molecule has 1 aromatic rings. The second-order valence-electron chi connectivity index (χ2n) is 3.68. The number of rotatable bonds is 4. The molecule has 0 saturated carbocycles. The van der Waals surface area contributed by atoms with Crippen LogP contribution in [0.3, 0.4) is 0 Å². The van der Waals surface area contributed by atoms with Crippen molar-refractivity contribution in [2.24, 2.45) is 5.92 Å². The van der Waals surface area contributed by atoms with Crippen LogP contribution < -0.4 is 0 Å². The van der Waals surface area contributed by atoms with Crippen molar-refractivity contribution in [3.05, 3.63) is 29.9 Å². The van der Waals surface area contributed by atoms with Gasteiger partial charge in [-0.2, -0.15) is 0 Å². The molecule has 0 unspecified atom stereocenters. The zero-order chi connectivity index (χ0) is 11.3. The lowest BCUT2D eigenvalue weighted by Crippen LogP contribution is -1.99. The fraction of sp³-hybridized carbons (Fsp3) is 0.364. The van der Waals surface area contributed by atoms with E-state index in [0.717, 1.165) is 18.2 Å². The second-order valence-corrected chi connectivity index (χ2v) is 3.68. The Hall–Kier alpha value is -1.71. The number of aliphatic carboxylic acids is 1. The van der Waals surface area contributed by atoms with Gasteiger partial charge in [-0.1, -0.05) is 13.8 Å². The summed E-state index contributed by atoms with van der Waals surface area (Å²) in [5, 5.41) is 8.45. The van der Waals surface area contributed by atoms with Crippen LogP contribution in [0.4, 0.5) is 0 Å². The summed E-state index contributed by atoms with van der Waals surface area (Å²) < 4.78 is 0. The fourth-order valence-electron chi connectivity index (χ4n) is 1.17. The van der Waals surface area contributed by atoms with Gasteiger partial charge in [-0.05, 0) is 24.5 Å². The average Bonchev–Trinajstić information content (AvgIpc) is 2.14. The largest absolute Gasteiger partial charge is 0.478 e. The van der Waals surface area contributed by atoms with Crippen LogP contribution in [0, 0.1) is 5.92 Å². The van der Waals surface area contributed by atoms with E-state index in [1.807, 2.05) is 6.07 Å². The van der Waals surface area contributed by atoms with Crippen LogP contribution in [0.5, 0.6) is 0 Å². The fourth-order valence-corrected chi connectivity index (χ4v) is 1.17. The van der Waals surface area contributed by atoms with Gasteiger partial charge < -0.3 is 5.11 Å². The Bertz CT molecular complexity index is 373. The van der Waals surface area contributed by atoms with Gasteiger partial charge >= 0.3 is 5.97 Å². The standard InChI is InChI=1S/C11H14N2O2/c1-8(2)7-9-5-6-12-10(13-9)3-4-11(14)15/h3-6,8H,7H2,1-2H3,(H,14,15)/b4-3+. The van der Waals surface area contributed by atoms with Gasteiger partial charge in [0.1, 0.15) is 0 Å². The van der Waals surface area contributed by atoms with Crippen molar-refractivity contribution in [3.63, 3.8) is 0 Å². The Balaban J connectivity index is 2.78. The van der Waals surface area contributed by atoms with Crippen LogP contribution in [-0.2, 0) is 11.2 Å². The molecular formula is C11H14N2O2. The number of hydrogen-bond donors (Lipinski definition) is 1. The molecule has 0 aliphatic rings. The Labute approximate surface area is 88.7 Å². The van der Waals surface area contributed by atoms with Crippen LogP contribution in [0.25, 0.3) is 6.08 Å². The second kappa shape index (κ2) is 5.24. The third-order valence-corrected chi connectivity index (χ3v) is 1.72. The maximum atomic E-state index is 10.3. The molecule has 1 N–H and O–H groups in total. The smallest absolute Gasteiger partial charge is 0.328 e. The molecule has 0 radical (unpaired) electrons. The molecule has 1 aromatic heterocycles. The summed E-state index contributed by atoms with van der Waals surface area (Å²) in [6.07, 6.45) is 4.95. The molecule has 15 heavy (non-hydrogen) atoms. The van der Waals surface area contributed by atoms with E-state index in [-0.39, 0.29) is 0 Å². The summed E-state index contributed by atoms with van der Waals surface area (Å²) in [7, 11) is 0. The Morgan fingerprint density at radius 3 is 2.93 bits per heavy atom. The van der Waals surface area contributed by atoms with Crippen molar-refractivity contribution >= 4 is 12.0 Å². The minimum absolute atomic E-state index is 0.440. The van der Waals surface area contributed by atoms with Gasteiger partial charge in [0.25, 0.3) is 0 Å². The Morgan fingerprint density at radius 1 is 1.60 bits per heavy atom. The quantitative estimate of drug-likeness (QED) is 0.762. The van der Waals surface area contributed by atoms with Crippen molar-refractivity contribution in [2.75, 3.05) is 0 Å². The summed E-state index contributed by atoms with van der Waals surface area (Å²) >= 11 is 0. The number of nitrogens with zero attached hydrogens (tertiary/aromatic N) is 2. The van der Waals surface area contributed by atoms with E-state index < -0.39 is 5.97 Å². The van der Waals surface area contributed by atoms with Gasteiger partial charge in [0.15, 0.2) is 5.82 Å². The molecule has 1 rings (SSSR count). The zero-order valence-corrected chi connectivity index (χ0v) is 8.84. The van der Waals surface area contributed by atoms with Crippen LogP contribution in [-0.4, -0.2) is 21.0 Å². The van der Waals surface area contributed by atoms with Gasteiger partial charge in [0.05, 0.1) is 0 Å². The molecule has 0 spiro atoms. The molecule has 0 aliphatic carbocycles. The molecular weight excluding hydrogens is 192 g/mol. The zero-order valence-electron chi connectivity index (χ0n) is 8.84. The number of hydrogen-bond acceptors (Lipinski definition) is 3. The lowest BCUT2D eigenvalue weighted by atomic mass is 10.1. The van der Waals surface area contributed by atoms with Crippen molar-refractivity contribution in [2.45, 2.75) is 20.3 Å². The van der Waals surface area contributed by atoms with E-state index in [1.54, 1.807) is 6.20 Å². The number of carboxylic acids is 1. The molecule has 0 bridgehead atoms. The first-order valence-corrected chi connectivity index (χ1v) is 4.81. The van der Waals surface area contributed by atoms with Crippen molar-refractivity contribution < 1.29 is 9.90 Å². The van der Waals surface area contributed by atoms with Crippen LogP contribution in [0.2, 0.25) is 0 Å². The predicted molar refractivity (Wildman–Crippen MR) is 57.2 cm³/mol. The normalized spacial score (nSPS) is 11.1. The molecule has 4 heteroatoms. The molecule has 0 atom stereocenters. The molecule has 0 amide bonds. The van der Waals surface area contributed by atoms with Gasteiger partial charge in [-0.3, -0.25) is 0 Å². The number of carboxylic acid groups (broad SMARTS) is 1. The third-order valence-electron chi connectivity index (χ3n) is 1.72. The van der Waals surface area contributed by atoms with E-state index in [9.17, 15) is 4.79 Å². The summed E-state index contributed by atoms with van der Waals surface area (Å²) in [5.74, 6) is -0.0281. The van der Waals surface area contributed by atoms with E-state index in [4.69, 9.17) is 5.11 Å². The summed E-state index contributed by atoms with van der Waals surface area (Å²) in [6.45, 7) is 4.21. The molecule has 0 aliphatic heterocycles. The SMILES string of the molecule is CC(C)Cc1ccnc(/C=C/C(=O)O)n1. The van der Waals surface area contributed by atoms with Crippen molar-refractivity contribution in [3.8, 4) is 0 Å². The highest BCUT2D eigenvalue weighted by molar-refractivity contribution is 5.84. The minimum Gasteiger partial charge on any atom is -0.478 e. The van der Waals surface area contributed by atoms with Gasteiger partial charge in [0.2, 0.25) is 0 Å². The molecule has 0 saturated heterocycles. The van der Waals surface area contributed by atoms with Gasteiger partial charge in [-0.25, -0.2) is 14.8 Å². The minimum atomic E-state index is -0.993. The van der Waals surface area contributed by atoms with Crippen molar-refractivity contribution in [1.29, 1.82) is 0 Å². The van der Waals surface area contributed by atoms with Crippen LogP contribution in [0.1, 0.15) is 25.4 Å². The first kappa shape index (κ1) is 11.4. The highest BCUT2D eigenvalue weighted by Gasteiger charge is 2.00. The summed E-state index contributed by atoms with van der Waals surface area (Å²) in [4.78, 5) is 18.5. The Kier molecular flexibility index (Phi) is 3.97. The highest BCUT2D eigenvalue weighted by atomic mass is 16.4.